The quantitative estimate of drug-likeness (QED) is 0.194. The highest BCUT2D eigenvalue weighted by atomic mass is 32.2. The number of fused-ring (bicyclic) bond motifs is 3. The molecule has 2 fully saturated rings. The summed E-state index contributed by atoms with van der Waals surface area (Å²) in [4.78, 5) is 17.4. The molecule has 0 aromatic heterocycles. The van der Waals surface area contributed by atoms with Crippen LogP contribution in [0.4, 0.5) is 0 Å². The Balaban J connectivity index is 0.000000182. The van der Waals surface area contributed by atoms with Gasteiger partial charge in [-0.15, -0.1) is 0 Å². The molecule has 13 heteroatoms. The van der Waals surface area contributed by atoms with Crippen LogP contribution in [-0.2, 0) is 20.2 Å². The first-order chi connectivity index (χ1) is 23.6. The molecule has 0 unspecified atom stereocenters. The Labute approximate surface area is 294 Å². The number of ketones is 1. The van der Waals surface area contributed by atoms with Crippen LogP contribution in [0.2, 0.25) is 0 Å². The molecule has 7 rings (SSSR count). The van der Waals surface area contributed by atoms with Gasteiger partial charge in [-0.25, -0.2) is 0 Å². The first kappa shape index (κ1) is 37.2. The number of likely N-dealkylation sites (N-methyl/N-ethyl adjacent to an activating group) is 2. The molecule has 4 aromatic rings. The first-order valence-electron chi connectivity index (χ1n) is 16.2. The van der Waals surface area contributed by atoms with Crippen molar-refractivity contribution in [3.05, 3.63) is 107 Å². The van der Waals surface area contributed by atoms with Gasteiger partial charge < -0.3 is 9.47 Å². The highest BCUT2D eigenvalue weighted by Crippen LogP contribution is 2.40. The van der Waals surface area contributed by atoms with Crippen molar-refractivity contribution in [2.75, 3.05) is 40.4 Å². The predicted octanol–water partition coefficient (Wildman–Crippen LogP) is 5.55. The molecule has 2 aliphatic heterocycles. The van der Waals surface area contributed by atoms with Crippen LogP contribution < -0.4 is 9.47 Å². The minimum atomic E-state index is -4.02. The predicted molar refractivity (Wildman–Crippen MR) is 190 cm³/mol. The van der Waals surface area contributed by atoms with Crippen molar-refractivity contribution >= 4 is 26.0 Å². The molecule has 0 radical (unpaired) electrons. The zero-order valence-electron chi connectivity index (χ0n) is 28.4. The normalized spacial score (nSPS) is 18.2. The molecule has 0 saturated carbocycles. The summed E-state index contributed by atoms with van der Waals surface area (Å²) in [6.45, 7) is 7.29. The van der Waals surface area contributed by atoms with E-state index < -0.39 is 20.2 Å². The Morgan fingerprint density at radius 3 is 1.24 bits per heavy atom. The summed E-state index contributed by atoms with van der Waals surface area (Å²) in [7, 11) is -3.81. The third-order valence-electron chi connectivity index (χ3n) is 9.16. The number of aryl methyl sites for hydroxylation is 2. The lowest BCUT2D eigenvalue weighted by Crippen LogP contribution is -2.48. The van der Waals surface area contributed by atoms with Gasteiger partial charge in [-0.1, -0.05) is 35.4 Å². The lowest BCUT2D eigenvalue weighted by Gasteiger charge is -2.37. The van der Waals surface area contributed by atoms with Gasteiger partial charge in [-0.05, 0) is 126 Å². The molecule has 2 N–H and O–H groups in total. The second-order valence-electron chi connectivity index (χ2n) is 12.8. The standard InChI is InChI=1S/C23H26N2O3.2C7H8O3S/c1-24-9-7-15(24)13-27-17-3-5-19-20-6-4-18(28-14-16-8-10-25(16)2)12-22(20)23(26)21(19)11-17;2*1-6-2-4-7(5-3-6)11(8,9)10/h3-6,11-12,15-16H,7-10,13-14H2,1-2H3;2*2-5H,1H3,(H,8,9,10)/t15-,16-;;/m1../s1. The van der Waals surface area contributed by atoms with Gasteiger partial charge in [-0.2, -0.15) is 16.8 Å². The third-order valence-corrected chi connectivity index (χ3v) is 10.9. The van der Waals surface area contributed by atoms with Crippen molar-refractivity contribution < 1.29 is 40.2 Å². The molecule has 0 amide bonds. The number of nitrogens with zero attached hydrogens (tertiary/aromatic N) is 2. The lowest BCUT2D eigenvalue weighted by molar-refractivity contribution is 0.0768. The summed E-state index contributed by atoms with van der Waals surface area (Å²) in [6.07, 6.45) is 2.34. The highest BCUT2D eigenvalue weighted by molar-refractivity contribution is 7.86. The second-order valence-corrected chi connectivity index (χ2v) is 15.6. The molecular weight excluding hydrogens is 681 g/mol. The van der Waals surface area contributed by atoms with Gasteiger partial charge in [-0.3, -0.25) is 23.7 Å². The van der Waals surface area contributed by atoms with Crippen molar-refractivity contribution in [3.63, 3.8) is 0 Å². The van der Waals surface area contributed by atoms with E-state index in [9.17, 15) is 21.6 Å². The minimum absolute atomic E-state index is 0.0578. The van der Waals surface area contributed by atoms with Crippen LogP contribution in [0.25, 0.3) is 11.1 Å². The number of ether oxygens (including phenoxy) is 2. The average molecular weight is 723 g/mol. The molecule has 266 valence electrons. The van der Waals surface area contributed by atoms with Gasteiger partial charge in [0.1, 0.15) is 24.7 Å². The third kappa shape index (κ3) is 9.16. The zero-order valence-corrected chi connectivity index (χ0v) is 30.1. The van der Waals surface area contributed by atoms with Crippen molar-refractivity contribution in [1.82, 2.24) is 9.80 Å². The molecule has 2 atom stereocenters. The number of rotatable bonds is 8. The molecular formula is C37H42N2O9S2. The number of hydrogen-bond donors (Lipinski definition) is 2. The Kier molecular flexibility index (Phi) is 11.5. The van der Waals surface area contributed by atoms with Gasteiger partial charge in [0.15, 0.2) is 5.78 Å². The monoisotopic (exact) mass is 722 g/mol. The largest absolute Gasteiger partial charge is 0.492 e. The Bertz CT molecular complexity index is 1900. The number of benzene rings is 4. The van der Waals surface area contributed by atoms with E-state index in [0.29, 0.717) is 25.3 Å². The molecule has 50 heavy (non-hydrogen) atoms. The van der Waals surface area contributed by atoms with Crippen molar-refractivity contribution in [2.24, 2.45) is 0 Å². The van der Waals surface area contributed by atoms with Crippen LogP contribution in [0.1, 0.15) is 39.9 Å². The molecule has 11 nitrogen and oxygen atoms in total. The van der Waals surface area contributed by atoms with E-state index in [4.69, 9.17) is 18.6 Å². The smallest absolute Gasteiger partial charge is 0.294 e. The van der Waals surface area contributed by atoms with Crippen LogP contribution in [0.5, 0.6) is 11.5 Å². The van der Waals surface area contributed by atoms with Gasteiger partial charge in [0, 0.05) is 23.2 Å². The fourth-order valence-electron chi connectivity index (χ4n) is 5.58. The van der Waals surface area contributed by atoms with E-state index in [1.165, 1.54) is 37.1 Å². The first-order valence-corrected chi connectivity index (χ1v) is 19.1. The van der Waals surface area contributed by atoms with Crippen LogP contribution in [-0.4, -0.2) is 94.0 Å². The van der Waals surface area contributed by atoms with Crippen molar-refractivity contribution in [1.29, 1.82) is 0 Å². The van der Waals surface area contributed by atoms with Crippen LogP contribution in [0.3, 0.4) is 0 Å². The summed E-state index contributed by atoms with van der Waals surface area (Å²) in [6, 6.07) is 24.7. The fraction of sp³-hybridized carbons (Fsp3) is 0.324. The maximum absolute atomic E-state index is 13.0. The fourth-order valence-corrected chi connectivity index (χ4v) is 6.54. The van der Waals surface area contributed by atoms with Crippen molar-refractivity contribution in [2.45, 2.75) is 48.6 Å². The van der Waals surface area contributed by atoms with Gasteiger partial charge >= 0.3 is 0 Å². The van der Waals surface area contributed by atoms with Crippen molar-refractivity contribution in [3.8, 4) is 22.6 Å². The van der Waals surface area contributed by atoms with Crippen LogP contribution in [0.15, 0.2) is 94.7 Å². The zero-order chi connectivity index (χ0) is 36.2. The summed E-state index contributed by atoms with van der Waals surface area (Å²) >= 11 is 0. The molecule has 2 saturated heterocycles. The number of carbonyl (C=O) groups excluding carboxylic acids is 1. The van der Waals surface area contributed by atoms with E-state index in [1.54, 1.807) is 24.3 Å². The van der Waals surface area contributed by atoms with E-state index in [1.807, 2.05) is 50.2 Å². The summed E-state index contributed by atoms with van der Waals surface area (Å²) in [5.41, 5.74) is 5.34. The molecule has 0 spiro atoms. The minimum Gasteiger partial charge on any atom is -0.492 e. The van der Waals surface area contributed by atoms with Gasteiger partial charge in [0.2, 0.25) is 0 Å². The topological polar surface area (TPSA) is 151 Å². The molecule has 2 heterocycles. The Morgan fingerprint density at radius 1 is 0.600 bits per heavy atom. The van der Waals surface area contributed by atoms with Gasteiger partial charge in [0.25, 0.3) is 20.2 Å². The Hall–Kier alpha value is -4.11. The van der Waals surface area contributed by atoms with Gasteiger partial charge in [0.05, 0.1) is 9.79 Å². The number of carbonyl (C=O) groups is 1. The molecule has 0 bridgehead atoms. The van der Waals surface area contributed by atoms with E-state index in [-0.39, 0.29) is 15.6 Å². The molecule has 4 aromatic carbocycles. The average Bonchev–Trinajstić information content (AvgIpc) is 3.34. The maximum Gasteiger partial charge on any atom is 0.294 e. The molecule has 3 aliphatic rings. The summed E-state index contributed by atoms with van der Waals surface area (Å²) in [5.74, 6) is 1.59. The maximum atomic E-state index is 13.0. The summed E-state index contributed by atoms with van der Waals surface area (Å²) < 4.78 is 71.0. The second kappa shape index (κ2) is 15.4. The molecule has 1 aliphatic carbocycles. The highest BCUT2D eigenvalue weighted by Gasteiger charge is 2.29. The van der Waals surface area contributed by atoms with Crippen LogP contribution in [0, 0.1) is 13.8 Å². The van der Waals surface area contributed by atoms with E-state index >= 15 is 0 Å². The van der Waals surface area contributed by atoms with E-state index in [0.717, 1.165) is 58.0 Å². The Morgan fingerprint density at radius 2 is 0.960 bits per heavy atom. The lowest BCUT2D eigenvalue weighted by atomic mass is 10.0. The summed E-state index contributed by atoms with van der Waals surface area (Å²) in [5, 5.41) is 0. The van der Waals surface area contributed by atoms with Crippen LogP contribution >= 0.6 is 0 Å². The number of hydrogen-bond acceptors (Lipinski definition) is 9. The number of likely N-dealkylation sites (tertiary alicyclic amines) is 2. The SMILES string of the molecule is CN1CC[C@@H]1COc1ccc2c(c1)C(=O)c1cc(OC[C@H]3CCN3C)ccc1-2.Cc1ccc(S(=O)(=O)O)cc1.Cc1ccc(S(=O)(=O)O)cc1. The van der Waals surface area contributed by atoms with E-state index in [2.05, 4.69) is 23.9 Å².